The van der Waals surface area contributed by atoms with Gasteiger partial charge in [0.05, 0.1) is 0 Å². The van der Waals surface area contributed by atoms with Crippen molar-refractivity contribution in [3.05, 3.63) is 70.3 Å². The van der Waals surface area contributed by atoms with Crippen molar-refractivity contribution in [2.24, 2.45) is 5.84 Å². The number of hydrogen-bond donors (Lipinski definition) is 2. The highest BCUT2D eigenvalue weighted by atomic mass is 19.2. The third-order valence-electron chi connectivity index (χ3n) is 3.56. The van der Waals surface area contributed by atoms with Crippen molar-refractivity contribution in [3.63, 3.8) is 0 Å². The Morgan fingerprint density at radius 2 is 1.75 bits per heavy atom. The molecule has 0 aliphatic rings. The van der Waals surface area contributed by atoms with E-state index < -0.39 is 11.6 Å². The Morgan fingerprint density at radius 1 is 1.00 bits per heavy atom. The van der Waals surface area contributed by atoms with Crippen LogP contribution in [-0.4, -0.2) is 0 Å². The van der Waals surface area contributed by atoms with Gasteiger partial charge in [-0.1, -0.05) is 24.3 Å². The highest BCUT2D eigenvalue weighted by molar-refractivity contribution is 5.33. The molecule has 0 amide bonds. The Bertz CT molecular complexity index is 611. The second-order valence-corrected chi connectivity index (χ2v) is 5.02. The van der Waals surface area contributed by atoms with Gasteiger partial charge in [-0.05, 0) is 54.7 Å². The van der Waals surface area contributed by atoms with E-state index in [-0.39, 0.29) is 6.04 Å². The molecule has 20 heavy (non-hydrogen) atoms. The first-order valence-electron chi connectivity index (χ1n) is 6.48. The molecule has 1 unspecified atom stereocenters. The topological polar surface area (TPSA) is 38.0 Å². The molecule has 0 saturated heterocycles. The SMILES string of the molecule is Cc1ccc(C(Cc2ccc(F)c(F)c2)NN)cc1C. The Morgan fingerprint density at radius 3 is 2.35 bits per heavy atom. The quantitative estimate of drug-likeness (QED) is 0.664. The van der Waals surface area contributed by atoms with Gasteiger partial charge in [-0.2, -0.15) is 0 Å². The van der Waals surface area contributed by atoms with Gasteiger partial charge in [0.25, 0.3) is 0 Å². The van der Waals surface area contributed by atoms with Gasteiger partial charge in [-0.25, -0.2) is 8.78 Å². The van der Waals surface area contributed by atoms with E-state index in [1.54, 1.807) is 6.07 Å². The number of rotatable bonds is 4. The number of halogens is 2. The van der Waals surface area contributed by atoms with Crippen LogP contribution in [0.25, 0.3) is 0 Å². The number of nitrogens with one attached hydrogen (secondary N) is 1. The maximum atomic E-state index is 13.2. The largest absolute Gasteiger partial charge is 0.271 e. The predicted molar refractivity (Wildman–Crippen MR) is 76.0 cm³/mol. The molecule has 0 fully saturated rings. The standard InChI is InChI=1S/C16H18F2N2/c1-10-3-5-13(7-11(10)2)16(20-19)9-12-4-6-14(17)15(18)8-12/h3-8,16,20H,9,19H2,1-2H3. The molecule has 106 valence electrons. The van der Waals surface area contributed by atoms with Crippen LogP contribution in [-0.2, 0) is 6.42 Å². The highest BCUT2D eigenvalue weighted by Crippen LogP contribution is 2.21. The first kappa shape index (κ1) is 14.6. The van der Waals surface area contributed by atoms with E-state index in [4.69, 9.17) is 5.84 Å². The average Bonchev–Trinajstić information content (AvgIpc) is 2.43. The zero-order valence-electron chi connectivity index (χ0n) is 11.6. The van der Waals surface area contributed by atoms with Crippen molar-refractivity contribution in [3.8, 4) is 0 Å². The molecular formula is C16H18F2N2. The van der Waals surface area contributed by atoms with Crippen LogP contribution in [0.3, 0.4) is 0 Å². The minimum Gasteiger partial charge on any atom is -0.271 e. The lowest BCUT2D eigenvalue weighted by molar-refractivity contribution is 0.502. The molecule has 2 nitrogen and oxygen atoms in total. The van der Waals surface area contributed by atoms with Crippen molar-refractivity contribution in [2.45, 2.75) is 26.3 Å². The van der Waals surface area contributed by atoms with E-state index in [0.717, 1.165) is 11.6 Å². The van der Waals surface area contributed by atoms with Crippen molar-refractivity contribution in [2.75, 3.05) is 0 Å². The Labute approximate surface area is 117 Å². The van der Waals surface area contributed by atoms with E-state index in [2.05, 4.69) is 11.5 Å². The normalized spacial score (nSPS) is 12.4. The van der Waals surface area contributed by atoms with Gasteiger partial charge in [0.2, 0.25) is 0 Å². The first-order chi connectivity index (χ1) is 9.51. The first-order valence-corrected chi connectivity index (χ1v) is 6.48. The molecule has 3 N–H and O–H groups in total. The zero-order valence-corrected chi connectivity index (χ0v) is 11.6. The van der Waals surface area contributed by atoms with E-state index in [1.165, 1.54) is 17.2 Å². The van der Waals surface area contributed by atoms with E-state index >= 15 is 0 Å². The summed E-state index contributed by atoms with van der Waals surface area (Å²) in [6, 6.07) is 9.86. The summed E-state index contributed by atoms with van der Waals surface area (Å²) in [4.78, 5) is 0. The van der Waals surface area contributed by atoms with Gasteiger partial charge >= 0.3 is 0 Å². The Kier molecular flexibility index (Phi) is 4.47. The number of nitrogens with two attached hydrogens (primary N) is 1. The van der Waals surface area contributed by atoms with Gasteiger partial charge in [0.15, 0.2) is 11.6 Å². The van der Waals surface area contributed by atoms with E-state index in [9.17, 15) is 8.78 Å². The van der Waals surface area contributed by atoms with Crippen LogP contribution in [0.15, 0.2) is 36.4 Å². The smallest absolute Gasteiger partial charge is 0.159 e. The summed E-state index contributed by atoms with van der Waals surface area (Å²) in [6.07, 6.45) is 0.496. The maximum Gasteiger partial charge on any atom is 0.159 e. The maximum absolute atomic E-state index is 13.2. The van der Waals surface area contributed by atoms with E-state index in [0.29, 0.717) is 12.0 Å². The molecule has 2 aromatic carbocycles. The second-order valence-electron chi connectivity index (χ2n) is 5.02. The zero-order chi connectivity index (χ0) is 14.7. The summed E-state index contributed by atoms with van der Waals surface area (Å²) >= 11 is 0. The van der Waals surface area contributed by atoms with Crippen molar-refractivity contribution >= 4 is 0 Å². The summed E-state index contributed by atoms with van der Waals surface area (Å²) in [5.74, 6) is 3.92. The number of hydrogen-bond acceptors (Lipinski definition) is 2. The summed E-state index contributed by atoms with van der Waals surface area (Å²) < 4.78 is 26.1. The molecule has 0 aliphatic heterocycles. The number of benzene rings is 2. The predicted octanol–water partition coefficient (Wildman–Crippen LogP) is 3.33. The lowest BCUT2D eigenvalue weighted by atomic mass is 9.96. The third kappa shape index (κ3) is 3.21. The number of hydrazine groups is 1. The molecule has 0 aliphatic carbocycles. The lowest BCUT2D eigenvalue weighted by Gasteiger charge is -2.18. The van der Waals surface area contributed by atoms with Gasteiger partial charge in [0, 0.05) is 6.04 Å². The molecule has 0 saturated carbocycles. The van der Waals surface area contributed by atoms with Crippen LogP contribution in [0.4, 0.5) is 8.78 Å². The average molecular weight is 276 g/mol. The van der Waals surface area contributed by atoms with Crippen LogP contribution < -0.4 is 11.3 Å². The van der Waals surface area contributed by atoms with Crippen LogP contribution in [0.1, 0.15) is 28.3 Å². The molecule has 0 aromatic heterocycles. The molecule has 2 rings (SSSR count). The molecule has 0 heterocycles. The fraction of sp³-hybridized carbons (Fsp3) is 0.250. The lowest BCUT2D eigenvalue weighted by Crippen LogP contribution is -2.29. The Balaban J connectivity index is 2.23. The fourth-order valence-electron chi connectivity index (χ4n) is 2.16. The molecule has 0 spiro atoms. The monoisotopic (exact) mass is 276 g/mol. The third-order valence-corrected chi connectivity index (χ3v) is 3.56. The van der Waals surface area contributed by atoms with Crippen molar-refractivity contribution < 1.29 is 8.78 Å². The van der Waals surface area contributed by atoms with Crippen molar-refractivity contribution in [1.29, 1.82) is 0 Å². The van der Waals surface area contributed by atoms with E-state index in [1.807, 2.05) is 26.0 Å². The van der Waals surface area contributed by atoms with Gasteiger partial charge in [-0.15, -0.1) is 0 Å². The van der Waals surface area contributed by atoms with Crippen LogP contribution in [0, 0.1) is 25.5 Å². The molecule has 2 aromatic rings. The summed E-state index contributed by atoms with van der Waals surface area (Å²) in [5, 5.41) is 0. The fourth-order valence-corrected chi connectivity index (χ4v) is 2.16. The van der Waals surface area contributed by atoms with Crippen LogP contribution in [0.5, 0.6) is 0 Å². The minimum absolute atomic E-state index is 0.140. The van der Waals surface area contributed by atoms with Crippen LogP contribution >= 0.6 is 0 Å². The number of aryl methyl sites for hydroxylation is 2. The molecule has 4 heteroatoms. The molecular weight excluding hydrogens is 258 g/mol. The molecule has 0 radical (unpaired) electrons. The highest BCUT2D eigenvalue weighted by Gasteiger charge is 2.12. The summed E-state index contributed by atoms with van der Waals surface area (Å²) in [7, 11) is 0. The molecule has 1 atom stereocenters. The summed E-state index contributed by atoms with van der Waals surface area (Å²) in [6.45, 7) is 4.07. The van der Waals surface area contributed by atoms with Gasteiger partial charge < -0.3 is 0 Å². The summed E-state index contributed by atoms with van der Waals surface area (Å²) in [5.41, 5.74) is 6.84. The van der Waals surface area contributed by atoms with Crippen molar-refractivity contribution in [1.82, 2.24) is 5.43 Å². The minimum atomic E-state index is -0.836. The van der Waals surface area contributed by atoms with Gasteiger partial charge in [-0.3, -0.25) is 11.3 Å². The van der Waals surface area contributed by atoms with Gasteiger partial charge in [0.1, 0.15) is 0 Å². The molecule has 0 bridgehead atoms. The van der Waals surface area contributed by atoms with Crippen LogP contribution in [0.2, 0.25) is 0 Å². The second kappa shape index (κ2) is 6.11. The Hall–Kier alpha value is -1.78.